The number of benzene rings is 2. The normalized spacial score (nSPS) is 11.0. The van der Waals surface area contributed by atoms with Gasteiger partial charge in [0, 0.05) is 12.2 Å². The Labute approximate surface area is 164 Å². The van der Waals surface area contributed by atoms with Crippen LogP contribution in [0.3, 0.4) is 0 Å². The number of ether oxygens (including phenoxy) is 1. The third kappa shape index (κ3) is 5.38. The number of rotatable bonds is 7. The van der Waals surface area contributed by atoms with Gasteiger partial charge in [0.25, 0.3) is 0 Å². The number of aromatic nitrogens is 1. The molecule has 6 nitrogen and oxygen atoms in total. The summed E-state index contributed by atoms with van der Waals surface area (Å²) in [5.41, 5.74) is 4.72. The second-order valence-corrected chi connectivity index (χ2v) is 7.83. The lowest BCUT2D eigenvalue weighted by Gasteiger charge is -2.00. The van der Waals surface area contributed by atoms with E-state index in [9.17, 15) is 9.59 Å². The maximum atomic E-state index is 11.9. The Hall–Kier alpha value is -2.71. The first kappa shape index (κ1) is 19.1. The summed E-state index contributed by atoms with van der Waals surface area (Å²) in [4.78, 5) is 27.7. The van der Waals surface area contributed by atoms with E-state index >= 15 is 0 Å². The Morgan fingerprint density at radius 1 is 1.22 bits per heavy atom. The molecular weight excluding hydrogens is 382 g/mol. The van der Waals surface area contributed by atoms with Gasteiger partial charge in [-0.15, -0.1) is 11.3 Å². The lowest BCUT2D eigenvalue weighted by Crippen LogP contribution is -2.17. The number of nitrogens with zero attached hydrogens (tertiary/aromatic N) is 2. The Balaban J connectivity index is 1.42. The molecule has 8 heteroatoms. The fourth-order valence-electron chi connectivity index (χ4n) is 2.20. The van der Waals surface area contributed by atoms with Crippen molar-refractivity contribution in [1.82, 2.24) is 10.4 Å². The third-order valence-electron chi connectivity index (χ3n) is 3.56. The molecule has 0 aliphatic heterocycles. The maximum absolute atomic E-state index is 11.9. The van der Waals surface area contributed by atoms with Gasteiger partial charge in [0.2, 0.25) is 5.91 Å². The average molecular weight is 399 g/mol. The molecule has 138 valence electrons. The number of esters is 1. The van der Waals surface area contributed by atoms with Crippen LogP contribution in [0.15, 0.2) is 58.0 Å². The van der Waals surface area contributed by atoms with Crippen molar-refractivity contribution in [3.05, 3.63) is 59.7 Å². The number of hydrazone groups is 1. The van der Waals surface area contributed by atoms with Crippen molar-refractivity contribution in [3.8, 4) is 0 Å². The Morgan fingerprint density at radius 2 is 2.00 bits per heavy atom. The summed E-state index contributed by atoms with van der Waals surface area (Å²) in [6.45, 7) is 0. The van der Waals surface area contributed by atoms with Crippen molar-refractivity contribution in [2.45, 2.75) is 10.8 Å². The standard InChI is InChI=1S/C19H17N3O3S2/c1-25-18(24)14-8-6-13(7-9-14)12-20-22-17(23)10-11-26-19-21-15-4-2-3-5-16(15)27-19/h2-9,12H,10-11H2,1H3,(H,22,23)/b20-12+. The van der Waals surface area contributed by atoms with Gasteiger partial charge in [0.05, 0.1) is 29.1 Å². The van der Waals surface area contributed by atoms with Gasteiger partial charge in [-0.2, -0.15) is 5.10 Å². The van der Waals surface area contributed by atoms with Gasteiger partial charge in [-0.05, 0) is 29.8 Å². The smallest absolute Gasteiger partial charge is 0.337 e. The van der Waals surface area contributed by atoms with E-state index in [0.717, 1.165) is 20.1 Å². The first-order valence-electron chi connectivity index (χ1n) is 8.14. The number of carbonyl (C=O) groups is 2. The van der Waals surface area contributed by atoms with Crippen LogP contribution in [-0.2, 0) is 9.53 Å². The highest BCUT2D eigenvalue weighted by molar-refractivity contribution is 8.01. The molecule has 1 aromatic heterocycles. The highest BCUT2D eigenvalue weighted by atomic mass is 32.2. The topological polar surface area (TPSA) is 80.6 Å². The number of carbonyl (C=O) groups excluding carboxylic acids is 2. The molecular formula is C19H17N3O3S2. The van der Waals surface area contributed by atoms with Gasteiger partial charge in [0.15, 0.2) is 4.34 Å². The average Bonchev–Trinajstić information content (AvgIpc) is 3.10. The summed E-state index contributed by atoms with van der Waals surface area (Å²) < 4.78 is 6.74. The van der Waals surface area contributed by atoms with Gasteiger partial charge < -0.3 is 4.74 Å². The van der Waals surface area contributed by atoms with Crippen LogP contribution in [0.25, 0.3) is 10.2 Å². The quantitative estimate of drug-likeness (QED) is 0.283. The molecule has 0 atom stereocenters. The van der Waals surface area contributed by atoms with Gasteiger partial charge in [-0.1, -0.05) is 36.0 Å². The molecule has 1 amide bonds. The van der Waals surface area contributed by atoms with E-state index in [4.69, 9.17) is 0 Å². The Morgan fingerprint density at radius 3 is 2.74 bits per heavy atom. The number of thiazole rings is 1. The number of hydrogen-bond acceptors (Lipinski definition) is 7. The van der Waals surface area contributed by atoms with E-state index in [1.54, 1.807) is 47.4 Å². The molecule has 3 aromatic rings. The molecule has 2 aromatic carbocycles. The largest absolute Gasteiger partial charge is 0.465 e. The first-order chi connectivity index (χ1) is 13.2. The van der Waals surface area contributed by atoms with Crippen LogP contribution in [0, 0.1) is 0 Å². The summed E-state index contributed by atoms with van der Waals surface area (Å²) in [6.07, 6.45) is 1.87. The molecule has 0 aliphatic rings. The predicted octanol–water partition coefficient (Wildman–Crippen LogP) is 3.72. The summed E-state index contributed by atoms with van der Waals surface area (Å²) in [6, 6.07) is 14.7. The van der Waals surface area contributed by atoms with Crippen LogP contribution in [0.2, 0.25) is 0 Å². The maximum Gasteiger partial charge on any atom is 0.337 e. The zero-order valence-electron chi connectivity index (χ0n) is 14.5. The van der Waals surface area contributed by atoms with Crippen molar-refractivity contribution < 1.29 is 14.3 Å². The van der Waals surface area contributed by atoms with E-state index in [2.05, 4.69) is 20.2 Å². The molecule has 3 rings (SSSR count). The van der Waals surface area contributed by atoms with Crippen molar-refractivity contribution >= 4 is 51.4 Å². The van der Waals surface area contributed by atoms with Crippen LogP contribution in [0.5, 0.6) is 0 Å². The first-order valence-corrected chi connectivity index (χ1v) is 9.94. The van der Waals surface area contributed by atoms with Gasteiger partial charge in [0.1, 0.15) is 0 Å². The number of hydrogen-bond donors (Lipinski definition) is 1. The third-order valence-corrected chi connectivity index (χ3v) is 5.74. The molecule has 0 unspecified atom stereocenters. The van der Waals surface area contributed by atoms with Gasteiger partial charge in [-0.25, -0.2) is 15.2 Å². The number of amides is 1. The fourth-order valence-corrected chi connectivity index (χ4v) is 4.28. The molecule has 1 heterocycles. The lowest BCUT2D eigenvalue weighted by atomic mass is 10.1. The number of para-hydroxylation sites is 1. The molecule has 0 aliphatic carbocycles. The predicted molar refractivity (Wildman–Crippen MR) is 108 cm³/mol. The number of nitrogens with one attached hydrogen (secondary N) is 1. The minimum absolute atomic E-state index is 0.161. The molecule has 27 heavy (non-hydrogen) atoms. The minimum Gasteiger partial charge on any atom is -0.465 e. The second-order valence-electron chi connectivity index (χ2n) is 5.45. The van der Waals surface area contributed by atoms with E-state index in [1.807, 2.05) is 24.3 Å². The van der Waals surface area contributed by atoms with E-state index in [1.165, 1.54) is 13.3 Å². The number of thioether (sulfide) groups is 1. The van der Waals surface area contributed by atoms with Crippen LogP contribution >= 0.6 is 23.1 Å². The zero-order valence-corrected chi connectivity index (χ0v) is 16.2. The molecule has 0 fully saturated rings. The Bertz CT molecular complexity index is 935. The Kier molecular flexibility index (Phi) is 6.56. The van der Waals surface area contributed by atoms with Crippen molar-refractivity contribution in [2.24, 2.45) is 5.10 Å². The number of methoxy groups -OCH3 is 1. The zero-order chi connectivity index (χ0) is 19.1. The van der Waals surface area contributed by atoms with Crippen molar-refractivity contribution in [3.63, 3.8) is 0 Å². The molecule has 0 bridgehead atoms. The van der Waals surface area contributed by atoms with E-state index in [0.29, 0.717) is 17.7 Å². The second kappa shape index (κ2) is 9.29. The molecule has 1 N–H and O–H groups in total. The van der Waals surface area contributed by atoms with E-state index < -0.39 is 5.97 Å². The van der Waals surface area contributed by atoms with Crippen molar-refractivity contribution in [1.29, 1.82) is 0 Å². The van der Waals surface area contributed by atoms with Crippen LogP contribution < -0.4 is 5.43 Å². The molecule has 0 saturated carbocycles. The van der Waals surface area contributed by atoms with Gasteiger partial charge in [-0.3, -0.25) is 4.79 Å². The lowest BCUT2D eigenvalue weighted by molar-refractivity contribution is -0.120. The SMILES string of the molecule is COC(=O)c1ccc(/C=N/NC(=O)CCSc2nc3ccccc3s2)cc1. The van der Waals surface area contributed by atoms with Crippen LogP contribution in [-0.4, -0.2) is 35.9 Å². The van der Waals surface area contributed by atoms with E-state index in [-0.39, 0.29) is 5.91 Å². The monoisotopic (exact) mass is 399 g/mol. The summed E-state index contributed by atoms with van der Waals surface area (Å²) in [7, 11) is 1.34. The summed E-state index contributed by atoms with van der Waals surface area (Å²) in [5, 5.41) is 3.93. The molecule has 0 saturated heterocycles. The van der Waals surface area contributed by atoms with Crippen molar-refractivity contribution in [2.75, 3.05) is 12.9 Å². The minimum atomic E-state index is -0.391. The van der Waals surface area contributed by atoms with Crippen LogP contribution in [0.4, 0.5) is 0 Å². The fraction of sp³-hybridized carbons (Fsp3) is 0.158. The highest BCUT2D eigenvalue weighted by Gasteiger charge is 2.06. The summed E-state index contributed by atoms with van der Waals surface area (Å²) >= 11 is 3.19. The van der Waals surface area contributed by atoms with Gasteiger partial charge >= 0.3 is 5.97 Å². The molecule has 0 spiro atoms. The molecule has 0 radical (unpaired) electrons. The summed E-state index contributed by atoms with van der Waals surface area (Å²) in [5.74, 6) is 0.0816. The highest BCUT2D eigenvalue weighted by Crippen LogP contribution is 2.29. The van der Waals surface area contributed by atoms with Crippen LogP contribution in [0.1, 0.15) is 22.3 Å². The number of fused-ring (bicyclic) bond motifs is 1.